The Morgan fingerprint density at radius 3 is 2.07 bits per heavy atom. The number of nitrogens with one attached hydrogen (secondary N) is 2. The molecule has 5 heteroatoms. The van der Waals surface area contributed by atoms with E-state index in [1.54, 1.807) is 0 Å². The van der Waals surface area contributed by atoms with Gasteiger partial charge in [0, 0.05) is 31.0 Å². The zero-order valence-electron chi connectivity index (χ0n) is 15.3. The van der Waals surface area contributed by atoms with Gasteiger partial charge in [-0.25, -0.2) is 14.8 Å². The largest absolute Gasteiger partial charge is 0.338 e. The van der Waals surface area contributed by atoms with E-state index in [4.69, 9.17) is 0 Å². The highest BCUT2D eigenvalue weighted by atomic mass is 16.2. The van der Waals surface area contributed by atoms with E-state index in [0.717, 1.165) is 24.0 Å². The van der Waals surface area contributed by atoms with E-state index < -0.39 is 0 Å². The van der Waals surface area contributed by atoms with Crippen molar-refractivity contribution in [2.75, 3.05) is 13.1 Å². The lowest BCUT2D eigenvalue weighted by Gasteiger charge is -2.08. The molecule has 0 spiro atoms. The first-order valence-electron chi connectivity index (χ1n) is 9.23. The Kier molecular flexibility index (Phi) is 6.92. The third-order valence-electron chi connectivity index (χ3n) is 4.21. The van der Waals surface area contributed by atoms with Gasteiger partial charge in [-0.1, -0.05) is 60.7 Å². The van der Waals surface area contributed by atoms with E-state index in [0.29, 0.717) is 25.3 Å². The Labute approximate surface area is 159 Å². The third-order valence-corrected chi connectivity index (χ3v) is 4.21. The second-order valence-corrected chi connectivity index (χ2v) is 6.30. The van der Waals surface area contributed by atoms with Crippen molar-refractivity contribution in [2.45, 2.75) is 19.3 Å². The lowest BCUT2D eigenvalue weighted by molar-refractivity contribution is 0.241. The van der Waals surface area contributed by atoms with Crippen LogP contribution in [0.1, 0.15) is 17.5 Å². The Hall–Kier alpha value is -3.21. The molecule has 1 heterocycles. The fourth-order valence-corrected chi connectivity index (χ4v) is 2.74. The standard InChI is InChI=1S/C22H24N4O/c27-22(23-14-7-10-18-8-3-1-4-9-18)24-15-13-19-16-25-21(26-17-19)20-11-5-2-6-12-20/h1-6,8-9,11-12,16-17H,7,10,13-15H2,(H2,23,24,27). The Balaban J connectivity index is 1.32. The quantitative estimate of drug-likeness (QED) is 0.603. The summed E-state index contributed by atoms with van der Waals surface area (Å²) in [7, 11) is 0. The lowest BCUT2D eigenvalue weighted by atomic mass is 10.1. The summed E-state index contributed by atoms with van der Waals surface area (Å²) in [5.74, 6) is 0.712. The molecular weight excluding hydrogens is 336 g/mol. The summed E-state index contributed by atoms with van der Waals surface area (Å²) in [6.07, 6.45) is 6.22. The number of benzene rings is 2. The minimum absolute atomic E-state index is 0.134. The molecular formula is C22H24N4O. The van der Waals surface area contributed by atoms with Crippen molar-refractivity contribution in [2.24, 2.45) is 0 Å². The summed E-state index contributed by atoms with van der Waals surface area (Å²) >= 11 is 0. The van der Waals surface area contributed by atoms with Crippen LogP contribution in [-0.4, -0.2) is 29.1 Å². The zero-order valence-corrected chi connectivity index (χ0v) is 15.3. The number of hydrogen-bond donors (Lipinski definition) is 2. The van der Waals surface area contributed by atoms with Gasteiger partial charge in [-0.3, -0.25) is 0 Å². The third kappa shape index (κ3) is 6.22. The normalized spacial score (nSPS) is 10.4. The molecule has 138 valence electrons. The molecule has 0 atom stereocenters. The maximum absolute atomic E-state index is 11.8. The van der Waals surface area contributed by atoms with E-state index in [9.17, 15) is 4.79 Å². The number of urea groups is 1. The van der Waals surface area contributed by atoms with Crippen molar-refractivity contribution >= 4 is 6.03 Å². The highest BCUT2D eigenvalue weighted by molar-refractivity contribution is 5.73. The second kappa shape index (κ2) is 10.1. The highest BCUT2D eigenvalue weighted by Crippen LogP contribution is 2.13. The molecule has 3 rings (SSSR count). The number of carbonyl (C=O) groups excluding carboxylic acids is 1. The number of amides is 2. The first-order chi connectivity index (χ1) is 13.3. The summed E-state index contributed by atoms with van der Waals surface area (Å²) in [6.45, 7) is 1.22. The van der Waals surface area contributed by atoms with Crippen LogP contribution in [0.5, 0.6) is 0 Å². The van der Waals surface area contributed by atoms with Gasteiger partial charge < -0.3 is 10.6 Å². The number of aryl methyl sites for hydroxylation is 1. The Morgan fingerprint density at radius 2 is 1.37 bits per heavy atom. The average Bonchev–Trinajstić information content (AvgIpc) is 2.73. The number of rotatable bonds is 8. The van der Waals surface area contributed by atoms with Crippen molar-refractivity contribution in [1.82, 2.24) is 20.6 Å². The van der Waals surface area contributed by atoms with Gasteiger partial charge in [0.2, 0.25) is 0 Å². The topological polar surface area (TPSA) is 66.9 Å². The van der Waals surface area contributed by atoms with Crippen LogP contribution in [0.4, 0.5) is 4.79 Å². The van der Waals surface area contributed by atoms with Crippen LogP contribution in [0, 0.1) is 0 Å². The Morgan fingerprint density at radius 1 is 0.741 bits per heavy atom. The van der Waals surface area contributed by atoms with Crippen LogP contribution in [0.15, 0.2) is 73.1 Å². The van der Waals surface area contributed by atoms with Gasteiger partial charge in [-0.05, 0) is 30.4 Å². The molecule has 0 bridgehead atoms. The SMILES string of the molecule is O=C(NCCCc1ccccc1)NCCc1cnc(-c2ccccc2)nc1. The predicted molar refractivity (Wildman–Crippen MR) is 107 cm³/mol. The van der Waals surface area contributed by atoms with Gasteiger partial charge in [0.25, 0.3) is 0 Å². The molecule has 3 aromatic rings. The van der Waals surface area contributed by atoms with Crippen LogP contribution in [-0.2, 0) is 12.8 Å². The van der Waals surface area contributed by atoms with Crippen molar-refractivity contribution in [3.8, 4) is 11.4 Å². The fraction of sp³-hybridized carbons (Fsp3) is 0.227. The molecule has 0 saturated carbocycles. The first-order valence-corrected chi connectivity index (χ1v) is 9.23. The molecule has 27 heavy (non-hydrogen) atoms. The summed E-state index contributed by atoms with van der Waals surface area (Å²) in [4.78, 5) is 20.6. The number of nitrogens with zero attached hydrogens (tertiary/aromatic N) is 2. The van der Waals surface area contributed by atoms with Crippen LogP contribution >= 0.6 is 0 Å². The van der Waals surface area contributed by atoms with E-state index in [1.165, 1.54) is 5.56 Å². The van der Waals surface area contributed by atoms with Gasteiger partial charge in [0.1, 0.15) is 0 Å². The molecule has 0 aliphatic rings. The number of aromatic nitrogens is 2. The summed E-state index contributed by atoms with van der Waals surface area (Å²) in [5.41, 5.74) is 3.29. The van der Waals surface area contributed by atoms with Gasteiger partial charge >= 0.3 is 6.03 Å². The molecule has 0 saturated heterocycles. The first kappa shape index (κ1) is 18.6. The molecule has 2 aromatic carbocycles. The average molecular weight is 360 g/mol. The van der Waals surface area contributed by atoms with Gasteiger partial charge in [-0.15, -0.1) is 0 Å². The van der Waals surface area contributed by atoms with E-state index in [2.05, 4.69) is 32.7 Å². The molecule has 0 aliphatic carbocycles. The molecule has 0 unspecified atom stereocenters. The Bertz CT molecular complexity index is 820. The zero-order chi connectivity index (χ0) is 18.7. The lowest BCUT2D eigenvalue weighted by Crippen LogP contribution is -2.37. The monoisotopic (exact) mass is 360 g/mol. The molecule has 0 aliphatic heterocycles. The summed E-state index contributed by atoms with van der Waals surface area (Å²) in [5, 5.41) is 5.76. The number of hydrogen-bond acceptors (Lipinski definition) is 3. The van der Waals surface area contributed by atoms with Crippen LogP contribution in [0.3, 0.4) is 0 Å². The molecule has 0 fully saturated rings. The maximum atomic E-state index is 11.8. The summed E-state index contributed by atoms with van der Waals surface area (Å²) < 4.78 is 0. The van der Waals surface area contributed by atoms with E-state index >= 15 is 0 Å². The second-order valence-electron chi connectivity index (χ2n) is 6.30. The van der Waals surface area contributed by atoms with Crippen LogP contribution in [0.2, 0.25) is 0 Å². The molecule has 2 N–H and O–H groups in total. The molecule has 0 radical (unpaired) electrons. The van der Waals surface area contributed by atoms with E-state index in [1.807, 2.05) is 60.9 Å². The highest BCUT2D eigenvalue weighted by Gasteiger charge is 2.03. The van der Waals surface area contributed by atoms with Crippen molar-refractivity contribution in [3.63, 3.8) is 0 Å². The van der Waals surface area contributed by atoms with Gasteiger partial charge in [0.15, 0.2) is 5.82 Å². The van der Waals surface area contributed by atoms with Crippen molar-refractivity contribution in [3.05, 3.63) is 84.2 Å². The van der Waals surface area contributed by atoms with Gasteiger partial charge in [-0.2, -0.15) is 0 Å². The summed E-state index contributed by atoms with van der Waals surface area (Å²) in [6, 6.07) is 20.0. The maximum Gasteiger partial charge on any atom is 0.314 e. The smallest absolute Gasteiger partial charge is 0.314 e. The molecule has 2 amide bonds. The predicted octanol–water partition coefficient (Wildman–Crippen LogP) is 3.62. The van der Waals surface area contributed by atoms with Crippen LogP contribution in [0.25, 0.3) is 11.4 Å². The van der Waals surface area contributed by atoms with Crippen LogP contribution < -0.4 is 10.6 Å². The molecule has 5 nitrogen and oxygen atoms in total. The minimum atomic E-state index is -0.134. The van der Waals surface area contributed by atoms with Gasteiger partial charge in [0.05, 0.1) is 0 Å². The van der Waals surface area contributed by atoms with E-state index in [-0.39, 0.29) is 6.03 Å². The van der Waals surface area contributed by atoms with Crippen molar-refractivity contribution < 1.29 is 4.79 Å². The fourth-order valence-electron chi connectivity index (χ4n) is 2.74. The minimum Gasteiger partial charge on any atom is -0.338 e. The number of carbonyl (C=O) groups is 1. The van der Waals surface area contributed by atoms with Crippen molar-refractivity contribution in [1.29, 1.82) is 0 Å². The molecule has 1 aromatic heterocycles.